The molecular weight excluding hydrogens is 304 g/mol. The van der Waals surface area contributed by atoms with E-state index in [0.717, 1.165) is 18.2 Å². The van der Waals surface area contributed by atoms with Gasteiger partial charge in [-0.3, -0.25) is 0 Å². The van der Waals surface area contributed by atoms with Gasteiger partial charge in [-0.2, -0.15) is 0 Å². The molecule has 0 spiro atoms. The lowest BCUT2D eigenvalue weighted by Gasteiger charge is -2.23. The highest BCUT2D eigenvalue weighted by Crippen LogP contribution is 2.39. The highest BCUT2D eigenvalue weighted by Gasteiger charge is 2.36. The molecule has 1 N–H and O–H groups in total. The molecule has 0 saturated carbocycles. The lowest BCUT2D eigenvalue weighted by atomic mass is 10.0. The van der Waals surface area contributed by atoms with Crippen LogP contribution in [0.4, 0.5) is 26.3 Å². The third-order valence-corrected chi connectivity index (χ3v) is 2.58. The van der Waals surface area contributed by atoms with E-state index in [2.05, 4.69) is 14.8 Å². The fraction of sp³-hybridized carbons (Fsp3) is 0.500. The summed E-state index contributed by atoms with van der Waals surface area (Å²) in [5.41, 5.74) is -0.336. The van der Waals surface area contributed by atoms with E-state index in [1.165, 1.54) is 7.05 Å². The molecule has 1 atom stereocenters. The molecule has 0 aliphatic heterocycles. The maximum atomic E-state index is 12.4. The minimum atomic E-state index is -5.02. The summed E-state index contributed by atoms with van der Waals surface area (Å²) < 4.78 is 81.7. The first-order valence-electron chi connectivity index (χ1n) is 5.89. The molecule has 21 heavy (non-hydrogen) atoms. The maximum Gasteiger partial charge on any atom is 0.573 e. The number of halogens is 6. The summed E-state index contributed by atoms with van der Waals surface area (Å²) in [5.74, 6) is -1.46. The number of nitrogens with one attached hydrogen (secondary N) is 1. The van der Waals surface area contributed by atoms with Crippen LogP contribution in [0, 0.1) is 0 Å². The van der Waals surface area contributed by atoms with Crippen LogP contribution in [0.25, 0.3) is 0 Å². The smallest absolute Gasteiger partial charge is 0.405 e. The Bertz CT molecular complexity index is 434. The molecular formula is C12H13F6NO2. The van der Waals surface area contributed by atoms with Crippen LogP contribution in [0.1, 0.15) is 24.9 Å². The minimum Gasteiger partial charge on any atom is -0.405 e. The van der Waals surface area contributed by atoms with E-state index < -0.39 is 30.3 Å². The Morgan fingerprint density at radius 2 is 1.43 bits per heavy atom. The lowest BCUT2D eigenvalue weighted by Crippen LogP contribution is -2.24. The van der Waals surface area contributed by atoms with Gasteiger partial charge in [0.1, 0.15) is 11.5 Å². The SMILES string of the molecule is CCC(NC)c1c(OC(F)(F)F)cccc1OC(F)(F)F. The Labute approximate surface area is 116 Å². The number of hydrogen-bond acceptors (Lipinski definition) is 3. The van der Waals surface area contributed by atoms with Crippen molar-refractivity contribution in [2.24, 2.45) is 0 Å². The van der Waals surface area contributed by atoms with Gasteiger partial charge in [0.15, 0.2) is 0 Å². The topological polar surface area (TPSA) is 30.5 Å². The molecule has 0 aliphatic carbocycles. The molecule has 1 unspecified atom stereocenters. The zero-order valence-electron chi connectivity index (χ0n) is 11.1. The van der Waals surface area contributed by atoms with Crippen molar-refractivity contribution in [3.63, 3.8) is 0 Å². The van der Waals surface area contributed by atoms with E-state index >= 15 is 0 Å². The van der Waals surface area contributed by atoms with Crippen LogP contribution in [-0.4, -0.2) is 19.8 Å². The summed E-state index contributed by atoms with van der Waals surface area (Å²) in [5, 5.41) is 2.63. The van der Waals surface area contributed by atoms with Crippen molar-refractivity contribution >= 4 is 0 Å². The van der Waals surface area contributed by atoms with Crippen molar-refractivity contribution in [3.05, 3.63) is 23.8 Å². The molecule has 0 fully saturated rings. The van der Waals surface area contributed by atoms with E-state index in [1.54, 1.807) is 6.92 Å². The van der Waals surface area contributed by atoms with Gasteiger partial charge in [0.05, 0.1) is 5.56 Å². The second-order valence-corrected chi connectivity index (χ2v) is 4.01. The number of hydrogen-bond donors (Lipinski definition) is 1. The molecule has 120 valence electrons. The monoisotopic (exact) mass is 317 g/mol. The summed E-state index contributed by atoms with van der Waals surface area (Å²) in [6.07, 6.45) is -9.79. The quantitative estimate of drug-likeness (QED) is 0.828. The average molecular weight is 317 g/mol. The highest BCUT2D eigenvalue weighted by molar-refractivity contribution is 5.47. The molecule has 1 aromatic rings. The number of alkyl halides is 6. The summed E-state index contributed by atoms with van der Waals surface area (Å²) >= 11 is 0. The van der Waals surface area contributed by atoms with Crippen molar-refractivity contribution in [1.82, 2.24) is 5.32 Å². The van der Waals surface area contributed by atoms with E-state index in [-0.39, 0.29) is 12.0 Å². The molecule has 1 aromatic carbocycles. The molecule has 0 aromatic heterocycles. The Morgan fingerprint density at radius 1 is 1.00 bits per heavy atom. The predicted molar refractivity (Wildman–Crippen MR) is 61.9 cm³/mol. The Kier molecular flexibility index (Phi) is 5.32. The minimum absolute atomic E-state index is 0.239. The molecule has 9 heteroatoms. The van der Waals surface area contributed by atoms with Crippen LogP contribution in [0.15, 0.2) is 18.2 Å². The van der Waals surface area contributed by atoms with E-state index in [4.69, 9.17) is 0 Å². The van der Waals surface area contributed by atoms with Gasteiger partial charge >= 0.3 is 12.7 Å². The van der Waals surface area contributed by atoms with Crippen molar-refractivity contribution in [2.45, 2.75) is 32.1 Å². The zero-order chi connectivity index (χ0) is 16.3. The van der Waals surface area contributed by atoms with Gasteiger partial charge in [-0.05, 0) is 25.6 Å². The largest absolute Gasteiger partial charge is 0.573 e. The molecule has 3 nitrogen and oxygen atoms in total. The van der Waals surface area contributed by atoms with Gasteiger partial charge in [-0.1, -0.05) is 13.0 Å². The summed E-state index contributed by atoms with van der Waals surface area (Å²) in [4.78, 5) is 0. The fourth-order valence-corrected chi connectivity index (χ4v) is 1.85. The Balaban J connectivity index is 3.33. The second kappa shape index (κ2) is 6.42. The first-order chi connectivity index (χ1) is 9.57. The van der Waals surface area contributed by atoms with Crippen molar-refractivity contribution < 1.29 is 35.8 Å². The summed E-state index contributed by atoms with van der Waals surface area (Å²) in [6, 6.07) is 2.08. The summed E-state index contributed by atoms with van der Waals surface area (Å²) in [6.45, 7) is 1.60. The molecule has 0 saturated heterocycles. The summed E-state index contributed by atoms with van der Waals surface area (Å²) in [7, 11) is 1.41. The standard InChI is InChI=1S/C12H13F6NO2/c1-3-7(19-2)10-8(20-11(13,14)15)5-4-6-9(10)21-12(16,17)18/h4-7,19H,3H2,1-2H3. The van der Waals surface area contributed by atoms with E-state index in [1.807, 2.05) is 0 Å². The maximum absolute atomic E-state index is 12.4. The molecule has 0 heterocycles. The number of rotatable bonds is 5. The van der Waals surface area contributed by atoms with Crippen LogP contribution in [0.3, 0.4) is 0 Å². The third kappa shape index (κ3) is 5.33. The normalized spacial score (nSPS) is 13.9. The first-order valence-corrected chi connectivity index (χ1v) is 5.89. The Hall–Kier alpha value is -1.64. The number of benzene rings is 1. The van der Waals surface area contributed by atoms with Gasteiger partial charge in [-0.25, -0.2) is 0 Å². The fourth-order valence-electron chi connectivity index (χ4n) is 1.85. The molecule has 0 aliphatic rings. The van der Waals surface area contributed by atoms with Crippen LogP contribution < -0.4 is 14.8 Å². The lowest BCUT2D eigenvalue weighted by molar-refractivity contribution is -0.277. The highest BCUT2D eigenvalue weighted by atomic mass is 19.4. The molecule has 0 radical (unpaired) electrons. The van der Waals surface area contributed by atoms with Crippen LogP contribution in [0.5, 0.6) is 11.5 Å². The Morgan fingerprint density at radius 3 is 1.71 bits per heavy atom. The van der Waals surface area contributed by atoms with Crippen molar-refractivity contribution in [3.8, 4) is 11.5 Å². The first kappa shape index (κ1) is 17.4. The van der Waals surface area contributed by atoms with Crippen LogP contribution in [-0.2, 0) is 0 Å². The average Bonchev–Trinajstić information content (AvgIpc) is 2.29. The van der Waals surface area contributed by atoms with Gasteiger partial charge in [0.25, 0.3) is 0 Å². The van der Waals surface area contributed by atoms with Gasteiger partial charge in [0, 0.05) is 6.04 Å². The van der Waals surface area contributed by atoms with Crippen LogP contribution >= 0.6 is 0 Å². The molecule has 0 bridgehead atoms. The van der Waals surface area contributed by atoms with Gasteiger partial charge < -0.3 is 14.8 Å². The van der Waals surface area contributed by atoms with E-state index in [0.29, 0.717) is 0 Å². The van der Waals surface area contributed by atoms with Gasteiger partial charge in [0.2, 0.25) is 0 Å². The van der Waals surface area contributed by atoms with Crippen LogP contribution in [0.2, 0.25) is 0 Å². The second-order valence-electron chi connectivity index (χ2n) is 4.01. The molecule has 1 rings (SSSR count). The van der Waals surface area contributed by atoms with Gasteiger partial charge in [-0.15, -0.1) is 26.3 Å². The van der Waals surface area contributed by atoms with Crippen molar-refractivity contribution in [2.75, 3.05) is 7.05 Å². The van der Waals surface area contributed by atoms with Crippen molar-refractivity contribution in [1.29, 1.82) is 0 Å². The zero-order valence-corrected chi connectivity index (χ0v) is 11.1. The van der Waals surface area contributed by atoms with E-state index in [9.17, 15) is 26.3 Å². The predicted octanol–water partition coefficient (Wildman–Crippen LogP) is 4.15. The third-order valence-electron chi connectivity index (χ3n) is 2.58. The number of ether oxygens (including phenoxy) is 2. The molecule has 0 amide bonds.